The molecule has 3 aromatic carbocycles. The summed E-state index contributed by atoms with van der Waals surface area (Å²) in [5.74, 6) is -2.24. The number of aliphatic hydroxyl groups excluding tert-OH is 1. The first kappa shape index (κ1) is 23.8. The molecule has 0 amide bonds. The molecule has 2 aliphatic rings. The molecule has 0 unspecified atom stereocenters. The first-order valence-corrected chi connectivity index (χ1v) is 11.9. The molecular weight excluding hydrogens is 460 g/mol. The Balaban J connectivity index is 1.25. The number of rotatable bonds is 7. The summed E-state index contributed by atoms with van der Waals surface area (Å²) in [7, 11) is 0. The molecule has 1 saturated heterocycles. The lowest BCUT2D eigenvalue weighted by atomic mass is 9.93. The predicted octanol–water partition coefficient (Wildman–Crippen LogP) is 4.11. The zero-order chi connectivity index (χ0) is 25.1. The van der Waals surface area contributed by atoms with Gasteiger partial charge in [0, 0.05) is 18.3 Å². The molecule has 36 heavy (non-hydrogen) atoms. The van der Waals surface area contributed by atoms with Crippen molar-refractivity contribution >= 4 is 17.9 Å². The molecule has 0 spiro atoms. The van der Waals surface area contributed by atoms with E-state index in [1.165, 1.54) is 0 Å². The number of esters is 3. The predicted molar refractivity (Wildman–Crippen MR) is 130 cm³/mol. The minimum atomic E-state index is -1.42. The van der Waals surface area contributed by atoms with Crippen LogP contribution in [0.5, 0.6) is 0 Å². The fraction of sp³-hybridized carbons (Fsp3) is 0.276. The summed E-state index contributed by atoms with van der Waals surface area (Å²) in [5, 5.41) is 10.3. The average Bonchev–Trinajstić information content (AvgIpc) is 3.43. The molecule has 5 atom stereocenters. The number of fused-ring (bicyclic) bond motifs is 1. The van der Waals surface area contributed by atoms with E-state index in [0.29, 0.717) is 17.5 Å². The summed E-state index contributed by atoms with van der Waals surface area (Å²) < 4.78 is 16.6. The number of carbonyl (C=O) groups excluding carboxylic acids is 3. The van der Waals surface area contributed by atoms with Crippen molar-refractivity contribution in [2.24, 2.45) is 11.8 Å². The van der Waals surface area contributed by atoms with E-state index in [1.54, 1.807) is 42.5 Å². The van der Waals surface area contributed by atoms with Crippen LogP contribution in [0.3, 0.4) is 0 Å². The van der Waals surface area contributed by atoms with Crippen LogP contribution in [-0.2, 0) is 23.8 Å². The second-order valence-electron chi connectivity index (χ2n) is 9.13. The fourth-order valence-corrected chi connectivity index (χ4v) is 4.99. The van der Waals surface area contributed by atoms with Crippen molar-refractivity contribution in [2.45, 2.75) is 31.2 Å². The van der Waals surface area contributed by atoms with Crippen LogP contribution in [0.1, 0.15) is 34.9 Å². The highest BCUT2D eigenvalue weighted by atomic mass is 16.6. The number of aliphatic hydroxyl groups is 1. The summed E-state index contributed by atoms with van der Waals surface area (Å²) in [6.45, 7) is -0.0918. The largest absolute Gasteiger partial charge is 0.463 e. The molecule has 1 saturated carbocycles. The summed E-state index contributed by atoms with van der Waals surface area (Å²) in [6, 6.07) is 25.5. The van der Waals surface area contributed by atoms with Crippen molar-refractivity contribution in [1.82, 2.24) is 0 Å². The quantitative estimate of drug-likeness (QED) is 0.396. The van der Waals surface area contributed by atoms with Crippen molar-refractivity contribution in [3.05, 3.63) is 96.1 Å². The number of benzene rings is 3. The maximum Gasteiger partial charge on any atom is 0.339 e. The van der Waals surface area contributed by atoms with Crippen LogP contribution in [0, 0.1) is 11.8 Å². The van der Waals surface area contributed by atoms with Crippen LogP contribution in [0.4, 0.5) is 0 Å². The zero-order valence-electron chi connectivity index (χ0n) is 19.5. The molecule has 184 valence electrons. The first-order valence-electron chi connectivity index (χ1n) is 11.9. The Hall–Kier alpha value is -3.97. The van der Waals surface area contributed by atoms with Gasteiger partial charge in [0.2, 0.25) is 0 Å². The Labute approximate surface area is 208 Å². The summed E-state index contributed by atoms with van der Waals surface area (Å²) in [5.41, 5.74) is 2.85. The molecule has 5 rings (SSSR count). The standard InChI is InChI=1S/C29H26O7/c30-26-15-22-23(17-34-29(33)27(31)20-9-5-2-6-10-20)25(16-24(22)35-26)36-28(32)21-13-11-19(12-14-21)18-7-3-1-4-8-18/h1-14,22-25,27,31H,15-17H2/t22-,23+,24-,25-,27-/m0/s1. The molecule has 7 heteroatoms. The van der Waals surface area contributed by atoms with E-state index >= 15 is 0 Å². The van der Waals surface area contributed by atoms with Gasteiger partial charge in [0.1, 0.15) is 12.2 Å². The molecule has 1 aliphatic heterocycles. The van der Waals surface area contributed by atoms with Crippen molar-refractivity contribution in [3.63, 3.8) is 0 Å². The second-order valence-corrected chi connectivity index (χ2v) is 9.13. The highest BCUT2D eigenvalue weighted by Gasteiger charge is 2.52. The van der Waals surface area contributed by atoms with E-state index in [0.717, 1.165) is 11.1 Å². The van der Waals surface area contributed by atoms with Crippen molar-refractivity contribution in [3.8, 4) is 11.1 Å². The molecule has 3 aromatic rings. The zero-order valence-corrected chi connectivity index (χ0v) is 19.5. The van der Waals surface area contributed by atoms with Gasteiger partial charge in [-0.3, -0.25) is 4.79 Å². The molecule has 1 aliphatic carbocycles. The topological polar surface area (TPSA) is 99.1 Å². The number of hydrogen-bond donors (Lipinski definition) is 1. The first-order chi connectivity index (χ1) is 17.5. The molecule has 7 nitrogen and oxygen atoms in total. The third-order valence-corrected chi connectivity index (χ3v) is 6.90. The lowest BCUT2D eigenvalue weighted by molar-refractivity contribution is -0.156. The maximum absolute atomic E-state index is 12.9. The van der Waals surface area contributed by atoms with E-state index in [-0.39, 0.29) is 24.9 Å². The molecular formula is C29H26O7. The molecule has 2 fully saturated rings. The van der Waals surface area contributed by atoms with Gasteiger partial charge in [0.05, 0.1) is 18.6 Å². The van der Waals surface area contributed by atoms with Crippen molar-refractivity contribution in [2.75, 3.05) is 6.61 Å². The van der Waals surface area contributed by atoms with E-state index in [1.807, 2.05) is 42.5 Å². The van der Waals surface area contributed by atoms with E-state index in [2.05, 4.69) is 0 Å². The van der Waals surface area contributed by atoms with Crippen LogP contribution in [-0.4, -0.2) is 41.8 Å². The highest BCUT2D eigenvalue weighted by Crippen LogP contribution is 2.43. The van der Waals surface area contributed by atoms with Gasteiger partial charge in [-0.2, -0.15) is 0 Å². The van der Waals surface area contributed by atoms with Crippen LogP contribution in [0.2, 0.25) is 0 Å². The Bertz CT molecular complexity index is 1220. The summed E-state index contributed by atoms with van der Waals surface area (Å²) in [4.78, 5) is 37.3. The number of ether oxygens (including phenoxy) is 3. The number of carbonyl (C=O) groups is 3. The highest BCUT2D eigenvalue weighted by molar-refractivity contribution is 5.90. The molecule has 0 radical (unpaired) electrons. The minimum Gasteiger partial charge on any atom is -0.463 e. The van der Waals surface area contributed by atoms with Crippen molar-refractivity contribution < 1.29 is 33.7 Å². The van der Waals surface area contributed by atoms with Crippen LogP contribution < -0.4 is 0 Å². The van der Waals surface area contributed by atoms with Crippen molar-refractivity contribution in [1.29, 1.82) is 0 Å². The SMILES string of the molecule is O=C1C[C@H]2[C@@H](COC(=O)[C@@H](O)c3ccccc3)[C@@H](OC(=O)c3ccc(-c4ccccc4)cc3)C[C@@H]2O1. The monoisotopic (exact) mass is 486 g/mol. The van der Waals surface area contributed by atoms with Gasteiger partial charge in [-0.15, -0.1) is 0 Å². The number of hydrogen-bond acceptors (Lipinski definition) is 7. The van der Waals surface area contributed by atoms with Gasteiger partial charge in [0.15, 0.2) is 6.10 Å². The van der Waals surface area contributed by atoms with Gasteiger partial charge in [-0.05, 0) is 28.8 Å². The van der Waals surface area contributed by atoms with Crippen LogP contribution in [0.25, 0.3) is 11.1 Å². The average molecular weight is 487 g/mol. The van der Waals surface area contributed by atoms with Gasteiger partial charge in [-0.25, -0.2) is 9.59 Å². The molecule has 1 N–H and O–H groups in total. The third-order valence-electron chi connectivity index (χ3n) is 6.90. The summed E-state index contributed by atoms with van der Waals surface area (Å²) >= 11 is 0. The Kier molecular flexibility index (Phi) is 6.82. The normalized spacial score (nSPS) is 23.4. The van der Waals surface area contributed by atoms with Gasteiger partial charge >= 0.3 is 17.9 Å². The Morgan fingerprint density at radius 2 is 1.56 bits per heavy atom. The molecule has 0 bridgehead atoms. The fourth-order valence-electron chi connectivity index (χ4n) is 4.99. The second kappa shape index (κ2) is 10.3. The van der Waals surface area contributed by atoms with Crippen LogP contribution in [0.15, 0.2) is 84.9 Å². The van der Waals surface area contributed by atoms with Gasteiger partial charge < -0.3 is 19.3 Å². The van der Waals surface area contributed by atoms with Gasteiger partial charge in [0.25, 0.3) is 0 Å². The Morgan fingerprint density at radius 3 is 2.25 bits per heavy atom. The smallest absolute Gasteiger partial charge is 0.339 e. The Morgan fingerprint density at radius 1 is 0.917 bits per heavy atom. The maximum atomic E-state index is 12.9. The van der Waals surface area contributed by atoms with E-state index in [9.17, 15) is 19.5 Å². The molecule has 0 aromatic heterocycles. The lowest BCUT2D eigenvalue weighted by Crippen LogP contribution is -2.31. The van der Waals surface area contributed by atoms with Crippen LogP contribution >= 0.6 is 0 Å². The molecule has 1 heterocycles. The lowest BCUT2D eigenvalue weighted by Gasteiger charge is -2.23. The summed E-state index contributed by atoms with van der Waals surface area (Å²) in [6.07, 6.45) is -1.88. The minimum absolute atomic E-state index is 0.0918. The van der Waals surface area contributed by atoms with Gasteiger partial charge in [-0.1, -0.05) is 72.8 Å². The van der Waals surface area contributed by atoms with E-state index in [4.69, 9.17) is 14.2 Å². The van der Waals surface area contributed by atoms with E-state index < -0.39 is 36.2 Å². The third kappa shape index (κ3) is 5.02.